The van der Waals surface area contributed by atoms with E-state index in [1.54, 1.807) is 4.90 Å². The molecule has 0 bridgehead atoms. The second-order valence-corrected chi connectivity index (χ2v) is 5.68. The van der Waals surface area contributed by atoms with E-state index in [9.17, 15) is 9.90 Å². The number of nitrogens with zero attached hydrogens (tertiary/aromatic N) is 1. The van der Waals surface area contributed by atoms with E-state index in [0.717, 1.165) is 24.0 Å². The van der Waals surface area contributed by atoms with E-state index in [1.807, 2.05) is 36.4 Å². The minimum Gasteiger partial charge on any atom is -0.383 e. The molecule has 0 aromatic heterocycles. The summed E-state index contributed by atoms with van der Waals surface area (Å²) in [4.78, 5) is 12.6. The third-order valence-electron chi connectivity index (χ3n) is 4.18. The van der Waals surface area contributed by atoms with Gasteiger partial charge in [-0.15, -0.1) is 0 Å². The van der Waals surface area contributed by atoms with E-state index >= 15 is 0 Å². The van der Waals surface area contributed by atoms with Crippen LogP contribution in [0.2, 0.25) is 0 Å². The molecule has 3 heteroatoms. The molecule has 108 valence electrons. The van der Waals surface area contributed by atoms with Crippen molar-refractivity contribution in [3.05, 3.63) is 71.3 Å². The van der Waals surface area contributed by atoms with Crippen molar-refractivity contribution in [3.63, 3.8) is 0 Å². The molecular weight excluding hydrogens is 262 g/mol. The van der Waals surface area contributed by atoms with E-state index in [1.165, 1.54) is 5.56 Å². The Morgan fingerprint density at radius 2 is 1.81 bits per heavy atom. The highest BCUT2D eigenvalue weighted by Gasteiger charge is 2.38. The Morgan fingerprint density at radius 3 is 2.52 bits per heavy atom. The van der Waals surface area contributed by atoms with Gasteiger partial charge in [-0.25, -0.2) is 0 Å². The van der Waals surface area contributed by atoms with Gasteiger partial charge in [-0.1, -0.05) is 54.6 Å². The minimum atomic E-state index is -0.924. The first-order valence-corrected chi connectivity index (χ1v) is 7.25. The fraction of sp³-hybridized carbons (Fsp3) is 0.278. The Balaban J connectivity index is 1.91. The standard InChI is InChI=1S/C18H19NO2/c20-14-19-11-10-18(21,13-19)17-9-5-4-8-16(17)12-15-6-2-1-3-7-15/h1-9,14,21H,10-13H2. The van der Waals surface area contributed by atoms with Crippen LogP contribution in [0.3, 0.4) is 0 Å². The lowest BCUT2D eigenvalue weighted by Crippen LogP contribution is -2.31. The molecule has 21 heavy (non-hydrogen) atoms. The maximum Gasteiger partial charge on any atom is 0.209 e. The number of amides is 1. The van der Waals surface area contributed by atoms with E-state index in [0.29, 0.717) is 19.5 Å². The molecule has 1 aliphatic heterocycles. The van der Waals surface area contributed by atoms with Crippen molar-refractivity contribution >= 4 is 6.41 Å². The second kappa shape index (κ2) is 5.70. The van der Waals surface area contributed by atoms with Gasteiger partial charge in [0, 0.05) is 6.54 Å². The van der Waals surface area contributed by atoms with Crippen molar-refractivity contribution in [1.82, 2.24) is 4.90 Å². The maximum atomic E-state index is 10.9. The van der Waals surface area contributed by atoms with Crippen LogP contribution >= 0.6 is 0 Å². The molecule has 1 saturated heterocycles. The molecule has 0 radical (unpaired) electrons. The van der Waals surface area contributed by atoms with Gasteiger partial charge in [-0.05, 0) is 29.5 Å². The highest BCUT2D eigenvalue weighted by atomic mass is 16.3. The van der Waals surface area contributed by atoms with Gasteiger partial charge in [-0.2, -0.15) is 0 Å². The highest BCUT2D eigenvalue weighted by Crippen LogP contribution is 2.34. The molecule has 2 aromatic carbocycles. The van der Waals surface area contributed by atoms with E-state index < -0.39 is 5.60 Å². The van der Waals surface area contributed by atoms with Crippen LogP contribution in [0, 0.1) is 0 Å². The smallest absolute Gasteiger partial charge is 0.209 e. The predicted molar refractivity (Wildman–Crippen MR) is 81.8 cm³/mol. The highest BCUT2D eigenvalue weighted by molar-refractivity contribution is 5.49. The van der Waals surface area contributed by atoms with Crippen LogP contribution in [0.5, 0.6) is 0 Å². The zero-order valence-electron chi connectivity index (χ0n) is 11.9. The summed E-state index contributed by atoms with van der Waals surface area (Å²) in [6.45, 7) is 0.988. The summed E-state index contributed by atoms with van der Waals surface area (Å²) in [5.74, 6) is 0. The number of carbonyl (C=O) groups is 1. The number of β-amino-alcohol motifs (C(OH)–C–C–N with tert-alkyl or cyclic N) is 1. The van der Waals surface area contributed by atoms with Crippen molar-refractivity contribution in [2.75, 3.05) is 13.1 Å². The van der Waals surface area contributed by atoms with Gasteiger partial charge in [0.05, 0.1) is 6.54 Å². The largest absolute Gasteiger partial charge is 0.383 e. The quantitative estimate of drug-likeness (QED) is 0.874. The monoisotopic (exact) mass is 281 g/mol. The summed E-state index contributed by atoms with van der Waals surface area (Å²) in [7, 11) is 0. The third kappa shape index (κ3) is 2.83. The molecule has 1 N–H and O–H groups in total. The number of aliphatic hydroxyl groups is 1. The molecule has 0 saturated carbocycles. The normalized spacial score (nSPS) is 21.5. The lowest BCUT2D eigenvalue weighted by molar-refractivity contribution is -0.118. The van der Waals surface area contributed by atoms with Crippen LogP contribution in [0.25, 0.3) is 0 Å². The SMILES string of the molecule is O=CN1CCC(O)(c2ccccc2Cc2ccccc2)C1. The number of benzene rings is 2. The Hall–Kier alpha value is -2.13. The Morgan fingerprint density at radius 1 is 1.10 bits per heavy atom. The van der Waals surface area contributed by atoms with Crippen LogP contribution < -0.4 is 0 Å². The lowest BCUT2D eigenvalue weighted by Gasteiger charge is -2.25. The van der Waals surface area contributed by atoms with Crippen LogP contribution in [0.4, 0.5) is 0 Å². The summed E-state index contributed by atoms with van der Waals surface area (Å²) in [5, 5.41) is 10.9. The van der Waals surface area contributed by atoms with Gasteiger partial charge >= 0.3 is 0 Å². The van der Waals surface area contributed by atoms with Crippen molar-refractivity contribution < 1.29 is 9.90 Å². The van der Waals surface area contributed by atoms with Crippen molar-refractivity contribution in [3.8, 4) is 0 Å². The number of hydrogen-bond acceptors (Lipinski definition) is 2. The average molecular weight is 281 g/mol. The molecule has 2 aromatic rings. The summed E-state index contributed by atoms with van der Waals surface area (Å²) < 4.78 is 0. The molecule has 1 amide bonds. The second-order valence-electron chi connectivity index (χ2n) is 5.68. The first-order valence-electron chi connectivity index (χ1n) is 7.25. The Labute approximate surface area is 124 Å². The molecular formula is C18H19NO2. The molecule has 0 aliphatic carbocycles. The van der Waals surface area contributed by atoms with E-state index in [-0.39, 0.29) is 0 Å². The number of rotatable bonds is 4. The third-order valence-corrected chi connectivity index (χ3v) is 4.18. The Kier molecular flexibility index (Phi) is 3.76. The molecule has 0 spiro atoms. The first-order chi connectivity index (χ1) is 10.2. The van der Waals surface area contributed by atoms with Crippen molar-refractivity contribution in [2.24, 2.45) is 0 Å². The van der Waals surface area contributed by atoms with E-state index in [4.69, 9.17) is 0 Å². The van der Waals surface area contributed by atoms with Crippen LogP contribution in [0.15, 0.2) is 54.6 Å². The fourth-order valence-corrected chi connectivity index (χ4v) is 3.08. The first kappa shape index (κ1) is 13.8. The molecule has 1 unspecified atom stereocenters. The predicted octanol–water partition coefficient (Wildman–Crippen LogP) is 2.33. The molecule has 3 rings (SSSR count). The molecule has 1 atom stereocenters. The topological polar surface area (TPSA) is 40.5 Å². The molecule has 1 heterocycles. The number of carbonyl (C=O) groups excluding carboxylic acids is 1. The Bertz CT molecular complexity index is 626. The van der Waals surface area contributed by atoms with Gasteiger partial charge < -0.3 is 10.0 Å². The molecule has 1 aliphatic rings. The molecule has 3 nitrogen and oxygen atoms in total. The van der Waals surface area contributed by atoms with Crippen LogP contribution in [-0.2, 0) is 16.8 Å². The van der Waals surface area contributed by atoms with Crippen molar-refractivity contribution in [2.45, 2.75) is 18.4 Å². The van der Waals surface area contributed by atoms with Crippen LogP contribution in [-0.4, -0.2) is 29.5 Å². The average Bonchev–Trinajstić information content (AvgIpc) is 2.92. The lowest BCUT2D eigenvalue weighted by atomic mass is 9.87. The number of likely N-dealkylation sites (tertiary alicyclic amines) is 1. The fourth-order valence-electron chi connectivity index (χ4n) is 3.08. The zero-order chi connectivity index (χ0) is 14.7. The summed E-state index contributed by atoms with van der Waals surface area (Å²) in [5.41, 5.74) is 2.36. The van der Waals surface area contributed by atoms with E-state index in [2.05, 4.69) is 18.2 Å². The minimum absolute atomic E-state index is 0.377. The summed E-state index contributed by atoms with van der Waals surface area (Å²) in [6, 6.07) is 18.2. The summed E-state index contributed by atoms with van der Waals surface area (Å²) >= 11 is 0. The van der Waals surface area contributed by atoms with Crippen molar-refractivity contribution in [1.29, 1.82) is 0 Å². The zero-order valence-corrected chi connectivity index (χ0v) is 11.9. The maximum absolute atomic E-state index is 10.9. The van der Waals surface area contributed by atoms with Gasteiger partial charge in [0.2, 0.25) is 6.41 Å². The van der Waals surface area contributed by atoms with Crippen LogP contribution in [0.1, 0.15) is 23.1 Å². The summed E-state index contributed by atoms with van der Waals surface area (Å²) in [6.07, 6.45) is 2.20. The van der Waals surface area contributed by atoms with Gasteiger partial charge in [0.1, 0.15) is 5.60 Å². The van der Waals surface area contributed by atoms with Gasteiger partial charge in [0.25, 0.3) is 0 Å². The number of hydrogen-bond donors (Lipinski definition) is 1. The van der Waals surface area contributed by atoms with Gasteiger partial charge in [0.15, 0.2) is 0 Å². The van der Waals surface area contributed by atoms with Gasteiger partial charge in [-0.3, -0.25) is 4.79 Å². The molecule has 1 fully saturated rings.